The normalized spacial score (nSPS) is 10.3. The van der Waals surface area contributed by atoms with Gasteiger partial charge in [0.15, 0.2) is 5.82 Å². The average molecular weight is 293 g/mol. The summed E-state index contributed by atoms with van der Waals surface area (Å²) in [5.41, 5.74) is 6.38. The van der Waals surface area contributed by atoms with Crippen molar-refractivity contribution in [2.75, 3.05) is 12.5 Å². The SMILES string of the molecule is COc1ccc(-c2cnnc(NN)c2-c2ccncc2)cc1. The molecule has 0 aliphatic rings. The summed E-state index contributed by atoms with van der Waals surface area (Å²) >= 11 is 0. The van der Waals surface area contributed by atoms with Crippen molar-refractivity contribution in [1.29, 1.82) is 0 Å². The molecule has 0 spiro atoms. The first-order valence-electron chi connectivity index (χ1n) is 6.70. The van der Waals surface area contributed by atoms with Crippen LogP contribution in [0.1, 0.15) is 0 Å². The van der Waals surface area contributed by atoms with Gasteiger partial charge in [0.05, 0.1) is 13.3 Å². The number of hydrazine groups is 1. The maximum atomic E-state index is 5.59. The van der Waals surface area contributed by atoms with E-state index in [1.165, 1.54) is 0 Å². The third kappa shape index (κ3) is 2.59. The van der Waals surface area contributed by atoms with Gasteiger partial charge in [0.2, 0.25) is 0 Å². The molecule has 3 rings (SSSR count). The fourth-order valence-electron chi connectivity index (χ4n) is 2.29. The van der Waals surface area contributed by atoms with Gasteiger partial charge >= 0.3 is 0 Å². The molecule has 0 saturated carbocycles. The molecule has 0 amide bonds. The van der Waals surface area contributed by atoms with Crippen LogP contribution in [0, 0.1) is 0 Å². The van der Waals surface area contributed by atoms with E-state index in [0.29, 0.717) is 5.82 Å². The largest absolute Gasteiger partial charge is 0.497 e. The van der Waals surface area contributed by atoms with Crippen molar-refractivity contribution in [3.63, 3.8) is 0 Å². The summed E-state index contributed by atoms with van der Waals surface area (Å²) in [5.74, 6) is 6.91. The van der Waals surface area contributed by atoms with Crippen molar-refractivity contribution in [1.82, 2.24) is 15.2 Å². The molecule has 0 aliphatic heterocycles. The standard InChI is InChI=1S/C16H15N5O/c1-22-13-4-2-11(3-5-13)14-10-19-21-16(20-17)15(14)12-6-8-18-9-7-12/h2-10H,17H2,1H3,(H,20,21). The zero-order chi connectivity index (χ0) is 15.4. The Labute approximate surface area is 128 Å². The summed E-state index contributed by atoms with van der Waals surface area (Å²) in [4.78, 5) is 4.05. The number of hydrogen-bond acceptors (Lipinski definition) is 6. The number of nitrogens with zero attached hydrogens (tertiary/aromatic N) is 3. The van der Waals surface area contributed by atoms with Crippen molar-refractivity contribution in [2.24, 2.45) is 5.84 Å². The summed E-state index contributed by atoms with van der Waals surface area (Å²) in [7, 11) is 1.64. The molecule has 0 atom stereocenters. The molecule has 110 valence electrons. The number of methoxy groups -OCH3 is 1. The second kappa shape index (κ2) is 6.19. The van der Waals surface area contributed by atoms with Crippen molar-refractivity contribution in [2.45, 2.75) is 0 Å². The Kier molecular flexibility index (Phi) is 3.93. The quantitative estimate of drug-likeness (QED) is 0.568. The number of nitrogens with two attached hydrogens (primary N) is 1. The number of anilines is 1. The topological polar surface area (TPSA) is 86.0 Å². The summed E-state index contributed by atoms with van der Waals surface area (Å²) in [6.07, 6.45) is 5.18. The first-order valence-corrected chi connectivity index (χ1v) is 6.70. The third-order valence-electron chi connectivity index (χ3n) is 3.36. The summed E-state index contributed by atoms with van der Waals surface area (Å²) in [6.45, 7) is 0. The van der Waals surface area contributed by atoms with E-state index in [0.717, 1.165) is 28.0 Å². The minimum absolute atomic E-state index is 0.513. The van der Waals surface area contributed by atoms with Crippen LogP contribution in [0.15, 0.2) is 55.0 Å². The molecular formula is C16H15N5O. The van der Waals surface area contributed by atoms with E-state index in [-0.39, 0.29) is 0 Å². The Balaban J connectivity index is 2.18. The van der Waals surface area contributed by atoms with Gasteiger partial charge in [-0.1, -0.05) is 12.1 Å². The third-order valence-corrected chi connectivity index (χ3v) is 3.36. The van der Waals surface area contributed by atoms with Gasteiger partial charge in [0.1, 0.15) is 5.75 Å². The number of nitrogen functional groups attached to an aromatic ring is 1. The molecule has 2 aromatic heterocycles. The van der Waals surface area contributed by atoms with E-state index in [1.807, 2.05) is 36.4 Å². The molecule has 6 nitrogen and oxygen atoms in total. The van der Waals surface area contributed by atoms with Crippen LogP contribution in [0.2, 0.25) is 0 Å². The lowest BCUT2D eigenvalue weighted by atomic mass is 9.97. The lowest BCUT2D eigenvalue weighted by Crippen LogP contribution is -2.11. The fraction of sp³-hybridized carbons (Fsp3) is 0.0625. The Hall–Kier alpha value is -2.99. The van der Waals surface area contributed by atoms with E-state index in [4.69, 9.17) is 10.6 Å². The Bertz CT molecular complexity index is 759. The summed E-state index contributed by atoms with van der Waals surface area (Å²) < 4.78 is 5.20. The smallest absolute Gasteiger partial charge is 0.171 e. The average Bonchev–Trinajstić information content (AvgIpc) is 2.62. The van der Waals surface area contributed by atoms with Crippen molar-refractivity contribution >= 4 is 5.82 Å². The minimum Gasteiger partial charge on any atom is -0.497 e. The number of nitrogens with one attached hydrogen (secondary N) is 1. The highest BCUT2D eigenvalue weighted by Gasteiger charge is 2.14. The second-order valence-corrected chi connectivity index (χ2v) is 4.59. The van der Waals surface area contributed by atoms with Crippen LogP contribution in [-0.2, 0) is 0 Å². The number of aromatic nitrogens is 3. The van der Waals surface area contributed by atoms with Crippen LogP contribution in [-0.4, -0.2) is 22.3 Å². The van der Waals surface area contributed by atoms with Crippen LogP contribution in [0.5, 0.6) is 5.75 Å². The van der Waals surface area contributed by atoms with Gasteiger partial charge in [-0.15, -0.1) is 5.10 Å². The Morgan fingerprint density at radius 3 is 2.36 bits per heavy atom. The molecule has 0 fully saturated rings. The summed E-state index contributed by atoms with van der Waals surface area (Å²) in [6, 6.07) is 11.6. The van der Waals surface area contributed by atoms with Crippen LogP contribution < -0.4 is 16.0 Å². The molecule has 3 N–H and O–H groups in total. The van der Waals surface area contributed by atoms with Gasteiger partial charge in [0, 0.05) is 23.5 Å². The van der Waals surface area contributed by atoms with Crippen LogP contribution in [0.3, 0.4) is 0 Å². The molecule has 2 heterocycles. The Morgan fingerprint density at radius 2 is 1.73 bits per heavy atom. The van der Waals surface area contributed by atoms with Gasteiger partial charge in [-0.3, -0.25) is 4.98 Å². The summed E-state index contributed by atoms with van der Waals surface area (Å²) in [5, 5.41) is 8.08. The maximum Gasteiger partial charge on any atom is 0.171 e. The zero-order valence-corrected chi connectivity index (χ0v) is 12.0. The van der Waals surface area contributed by atoms with Gasteiger partial charge < -0.3 is 10.2 Å². The lowest BCUT2D eigenvalue weighted by molar-refractivity contribution is 0.415. The molecular weight excluding hydrogens is 278 g/mol. The van der Waals surface area contributed by atoms with Crippen LogP contribution in [0.4, 0.5) is 5.82 Å². The molecule has 3 aromatic rings. The molecule has 0 bridgehead atoms. The zero-order valence-electron chi connectivity index (χ0n) is 12.0. The molecule has 0 unspecified atom stereocenters. The predicted molar refractivity (Wildman–Crippen MR) is 85.1 cm³/mol. The van der Waals surface area contributed by atoms with Gasteiger partial charge in [-0.25, -0.2) is 5.84 Å². The molecule has 0 aliphatic carbocycles. The van der Waals surface area contributed by atoms with E-state index in [1.54, 1.807) is 25.7 Å². The monoisotopic (exact) mass is 293 g/mol. The van der Waals surface area contributed by atoms with E-state index in [9.17, 15) is 0 Å². The number of pyridine rings is 1. The van der Waals surface area contributed by atoms with E-state index >= 15 is 0 Å². The Morgan fingerprint density at radius 1 is 1.00 bits per heavy atom. The highest BCUT2D eigenvalue weighted by molar-refractivity contribution is 5.89. The van der Waals surface area contributed by atoms with Crippen molar-refractivity contribution < 1.29 is 4.74 Å². The highest BCUT2D eigenvalue weighted by atomic mass is 16.5. The molecule has 0 saturated heterocycles. The molecule has 1 aromatic carbocycles. The number of rotatable bonds is 4. The van der Waals surface area contributed by atoms with E-state index < -0.39 is 0 Å². The molecule has 6 heteroatoms. The van der Waals surface area contributed by atoms with Gasteiger partial charge in [0.25, 0.3) is 0 Å². The van der Waals surface area contributed by atoms with E-state index in [2.05, 4.69) is 20.6 Å². The predicted octanol–water partition coefficient (Wildman–Crippen LogP) is 2.50. The van der Waals surface area contributed by atoms with Gasteiger partial charge in [-0.05, 0) is 35.4 Å². The minimum atomic E-state index is 0.513. The number of hydrogen-bond donors (Lipinski definition) is 2. The lowest BCUT2D eigenvalue weighted by Gasteiger charge is -2.13. The molecule has 0 radical (unpaired) electrons. The van der Waals surface area contributed by atoms with Crippen LogP contribution >= 0.6 is 0 Å². The first-order chi connectivity index (χ1) is 10.8. The fourth-order valence-corrected chi connectivity index (χ4v) is 2.29. The van der Waals surface area contributed by atoms with Crippen molar-refractivity contribution in [3.05, 3.63) is 55.0 Å². The molecule has 22 heavy (non-hydrogen) atoms. The van der Waals surface area contributed by atoms with Gasteiger partial charge in [-0.2, -0.15) is 5.10 Å². The number of ether oxygens (including phenoxy) is 1. The highest BCUT2D eigenvalue weighted by Crippen LogP contribution is 2.35. The van der Waals surface area contributed by atoms with Crippen LogP contribution in [0.25, 0.3) is 22.3 Å². The first kappa shape index (κ1) is 14.0. The van der Waals surface area contributed by atoms with Crippen molar-refractivity contribution in [3.8, 4) is 28.0 Å². The second-order valence-electron chi connectivity index (χ2n) is 4.59. The number of benzene rings is 1. The maximum absolute atomic E-state index is 5.59.